The van der Waals surface area contributed by atoms with Gasteiger partial charge in [0.15, 0.2) is 0 Å². The van der Waals surface area contributed by atoms with Crippen LogP contribution in [0.5, 0.6) is 0 Å². The fourth-order valence-electron chi connectivity index (χ4n) is 3.39. The molecule has 0 aromatic heterocycles. The van der Waals surface area contributed by atoms with E-state index >= 15 is 0 Å². The van der Waals surface area contributed by atoms with Gasteiger partial charge in [-0.15, -0.1) is 0 Å². The maximum absolute atomic E-state index is 13.1. The molecule has 3 amide bonds. The minimum atomic E-state index is -1.11. The van der Waals surface area contributed by atoms with Gasteiger partial charge in [0, 0.05) is 13.0 Å². The number of nitrogens with two attached hydrogens (primary N) is 1. The molecular weight excluding hydrogens is 370 g/mol. The number of likely N-dealkylation sites (tertiary alicyclic amines) is 1. The Morgan fingerprint density at radius 1 is 1.07 bits per heavy atom. The van der Waals surface area contributed by atoms with E-state index < -0.39 is 29.5 Å². The summed E-state index contributed by atoms with van der Waals surface area (Å²) in [7, 11) is 0. The summed E-state index contributed by atoms with van der Waals surface area (Å²) in [4.78, 5) is 38.7. The van der Waals surface area contributed by atoms with Crippen molar-refractivity contribution >= 4 is 17.9 Å². The average Bonchev–Trinajstić information content (AvgIpc) is 2.71. The molecule has 0 aliphatic carbocycles. The smallest absolute Gasteiger partial charge is 0.411 e. The van der Waals surface area contributed by atoms with Crippen LogP contribution >= 0.6 is 0 Å². The molecule has 1 aliphatic rings. The summed E-state index contributed by atoms with van der Waals surface area (Å²) in [6.45, 7) is 2.04. The zero-order valence-corrected chi connectivity index (χ0v) is 16.3. The van der Waals surface area contributed by atoms with Crippen molar-refractivity contribution in [3.63, 3.8) is 0 Å². The number of nitrogens with zero attached hydrogens (tertiary/aromatic N) is 1. The molecule has 1 aliphatic heterocycles. The van der Waals surface area contributed by atoms with Gasteiger partial charge in [-0.1, -0.05) is 60.7 Å². The third kappa shape index (κ3) is 4.56. The molecule has 0 radical (unpaired) electrons. The maximum atomic E-state index is 13.1. The minimum absolute atomic E-state index is 0.122. The Labute approximate surface area is 169 Å². The van der Waals surface area contributed by atoms with E-state index in [0.717, 1.165) is 11.1 Å². The van der Waals surface area contributed by atoms with E-state index in [1.165, 1.54) is 11.8 Å². The third-order valence-electron chi connectivity index (χ3n) is 5.23. The zero-order chi connectivity index (χ0) is 20.9. The summed E-state index contributed by atoms with van der Waals surface area (Å²) in [6, 6.07) is 18.0. The molecule has 0 saturated carbocycles. The monoisotopic (exact) mass is 395 g/mol. The van der Waals surface area contributed by atoms with Gasteiger partial charge < -0.3 is 15.8 Å². The Balaban J connectivity index is 1.77. The Morgan fingerprint density at radius 3 is 2.17 bits per heavy atom. The van der Waals surface area contributed by atoms with E-state index in [-0.39, 0.29) is 6.61 Å². The Kier molecular flexibility index (Phi) is 6.16. The Morgan fingerprint density at radius 2 is 1.66 bits per heavy atom. The van der Waals surface area contributed by atoms with Gasteiger partial charge in [-0.3, -0.25) is 14.5 Å². The first-order chi connectivity index (χ1) is 13.9. The molecule has 3 N–H and O–H groups in total. The second-order valence-electron chi connectivity index (χ2n) is 7.23. The van der Waals surface area contributed by atoms with Crippen LogP contribution in [0.2, 0.25) is 0 Å². The molecule has 1 heterocycles. The molecule has 0 unspecified atom stereocenters. The summed E-state index contributed by atoms with van der Waals surface area (Å²) in [5.74, 6) is -1.04. The van der Waals surface area contributed by atoms with E-state index in [2.05, 4.69) is 5.32 Å². The number of ether oxygens (including phenoxy) is 1. The second-order valence-corrected chi connectivity index (χ2v) is 7.23. The molecule has 2 atom stereocenters. The van der Waals surface area contributed by atoms with E-state index in [4.69, 9.17) is 10.5 Å². The van der Waals surface area contributed by atoms with Crippen LogP contribution < -0.4 is 11.1 Å². The lowest BCUT2D eigenvalue weighted by atomic mass is 9.78. The van der Waals surface area contributed by atoms with Crippen LogP contribution in [0.4, 0.5) is 4.79 Å². The van der Waals surface area contributed by atoms with Gasteiger partial charge in [-0.2, -0.15) is 0 Å². The highest BCUT2D eigenvalue weighted by atomic mass is 16.6. The molecule has 0 spiro atoms. The Hall–Kier alpha value is -3.35. The summed E-state index contributed by atoms with van der Waals surface area (Å²) in [5.41, 5.74) is 5.95. The first-order valence-electron chi connectivity index (χ1n) is 9.55. The number of primary amides is 1. The minimum Gasteiger partial charge on any atom is -0.445 e. The average molecular weight is 395 g/mol. The predicted molar refractivity (Wildman–Crippen MR) is 108 cm³/mol. The summed E-state index contributed by atoms with van der Waals surface area (Å²) < 4.78 is 5.44. The van der Waals surface area contributed by atoms with Crippen molar-refractivity contribution in [2.45, 2.75) is 38.0 Å². The highest BCUT2D eigenvalue weighted by molar-refractivity contribution is 5.95. The van der Waals surface area contributed by atoms with Crippen molar-refractivity contribution in [3.05, 3.63) is 71.8 Å². The van der Waals surface area contributed by atoms with E-state index in [1.54, 1.807) is 0 Å². The van der Waals surface area contributed by atoms with Crippen molar-refractivity contribution in [1.29, 1.82) is 0 Å². The molecule has 29 heavy (non-hydrogen) atoms. The molecule has 3 rings (SSSR count). The quantitative estimate of drug-likeness (QED) is 0.749. The van der Waals surface area contributed by atoms with Crippen molar-refractivity contribution in [1.82, 2.24) is 10.2 Å². The summed E-state index contributed by atoms with van der Waals surface area (Å²) >= 11 is 0. The molecule has 2 aromatic rings. The lowest BCUT2D eigenvalue weighted by Crippen LogP contribution is -2.71. The number of amides is 3. The number of hydrogen-bond acceptors (Lipinski definition) is 4. The van der Waals surface area contributed by atoms with Gasteiger partial charge in [0.25, 0.3) is 0 Å². The van der Waals surface area contributed by atoms with E-state index in [0.29, 0.717) is 19.4 Å². The molecule has 7 nitrogen and oxygen atoms in total. The van der Waals surface area contributed by atoms with Crippen LogP contribution in [-0.2, 0) is 27.4 Å². The Bertz CT molecular complexity index is 872. The van der Waals surface area contributed by atoms with Crippen LogP contribution in [0.1, 0.15) is 24.5 Å². The molecule has 0 bridgehead atoms. The van der Waals surface area contributed by atoms with Crippen molar-refractivity contribution in [2.75, 3.05) is 6.54 Å². The van der Waals surface area contributed by atoms with E-state index in [1.807, 2.05) is 60.7 Å². The standard InChI is InChI=1S/C22H25N3O4/c1-16(19(23)26)24-20(27)22(14-17-8-4-2-5-9-17)12-13-25(22)21(28)29-15-18-10-6-3-7-11-18/h2-11,16H,12-15H2,1H3,(H2,23,26)(H,24,27)/t16-,22+/m0/s1. The molecule has 2 aromatic carbocycles. The molecule has 1 saturated heterocycles. The van der Waals surface area contributed by atoms with Gasteiger partial charge >= 0.3 is 6.09 Å². The topological polar surface area (TPSA) is 102 Å². The number of carbonyl (C=O) groups excluding carboxylic acids is 3. The lowest BCUT2D eigenvalue weighted by molar-refractivity contribution is -0.143. The number of carbonyl (C=O) groups is 3. The first-order valence-corrected chi connectivity index (χ1v) is 9.55. The number of benzene rings is 2. The molecule has 1 fully saturated rings. The highest BCUT2D eigenvalue weighted by Crippen LogP contribution is 2.35. The number of rotatable bonds is 7. The van der Waals surface area contributed by atoms with Crippen LogP contribution in [0.15, 0.2) is 60.7 Å². The van der Waals surface area contributed by atoms with Gasteiger partial charge in [0.05, 0.1) is 0 Å². The molecular formula is C22H25N3O4. The van der Waals surface area contributed by atoms with Crippen LogP contribution in [0.3, 0.4) is 0 Å². The fraction of sp³-hybridized carbons (Fsp3) is 0.318. The largest absolute Gasteiger partial charge is 0.445 e. The van der Waals surface area contributed by atoms with Gasteiger partial charge in [-0.05, 0) is 24.5 Å². The van der Waals surface area contributed by atoms with Gasteiger partial charge in [-0.25, -0.2) is 4.79 Å². The lowest BCUT2D eigenvalue weighted by Gasteiger charge is -2.50. The van der Waals surface area contributed by atoms with E-state index in [9.17, 15) is 14.4 Å². The van der Waals surface area contributed by atoms with Crippen molar-refractivity contribution in [2.24, 2.45) is 5.73 Å². The predicted octanol–water partition coefficient (Wildman–Crippen LogP) is 2.00. The van der Waals surface area contributed by atoms with Crippen LogP contribution in [0.25, 0.3) is 0 Å². The van der Waals surface area contributed by atoms with Crippen molar-refractivity contribution < 1.29 is 19.1 Å². The molecule has 7 heteroatoms. The van der Waals surface area contributed by atoms with Gasteiger partial charge in [0.1, 0.15) is 18.2 Å². The zero-order valence-electron chi connectivity index (χ0n) is 16.3. The fourth-order valence-corrected chi connectivity index (χ4v) is 3.39. The number of hydrogen-bond donors (Lipinski definition) is 2. The molecule has 152 valence electrons. The van der Waals surface area contributed by atoms with Crippen LogP contribution in [0, 0.1) is 0 Å². The van der Waals surface area contributed by atoms with Crippen LogP contribution in [-0.4, -0.2) is 40.9 Å². The first kappa shape index (κ1) is 20.4. The normalized spacial score (nSPS) is 19.0. The SMILES string of the molecule is C[C@H](NC(=O)[C@]1(Cc2ccccc2)CCN1C(=O)OCc1ccccc1)C(N)=O. The second kappa shape index (κ2) is 8.77. The number of nitrogens with one attached hydrogen (secondary N) is 1. The maximum Gasteiger partial charge on any atom is 0.411 e. The van der Waals surface area contributed by atoms with Crippen molar-refractivity contribution in [3.8, 4) is 0 Å². The third-order valence-corrected chi connectivity index (χ3v) is 5.23. The summed E-state index contributed by atoms with van der Waals surface area (Å²) in [6.07, 6.45) is 0.239. The van der Waals surface area contributed by atoms with Gasteiger partial charge in [0.2, 0.25) is 11.8 Å². The summed E-state index contributed by atoms with van der Waals surface area (Å²) in [5, 5.41) is 2.64. The highest BCUT2D eigenvalue weighted by Gasteiger charge is 2.54.